The predicted octanol–water partition coefficient (Wildman–Crippen LogP) is -2.63. The van der Waals surface area contributed by atoms with Gasteiger partial charge < -0.3 is 4.55 Å². The van der Waals surface area contributed by atoms with Crippen molar-refractivity contribution in [1.29, 1.82) is 0 Å². The molecule has 0 aliphatic heterocycles. The molecule has 0 aliphatic rings. The van der Waals surface area contributed by atoms with Gasteiger partial charge in [0.25, 0.3) is 0 Å². The van der Waals surface area contributed by atoms with E-state index >= 15 is 0 Å². The Balaban J connectivity index is 0.000001000. The minimum absolute atomic E-state index is 0. The van der Waals surface area contributed by atoms with Gasteiger partial charge in [0.05, 0.1) is 4.90 Å². The zero-order chi connectivity index (χ0) is 7.56. The molecule has 7 heteroatoms. The van der Waals surface area contributed by atoms with Crippen LogP contribution < -0.4 is 29.6 Å². The van der Waals surface area contributed by atoms with Crippen molar-refractivity contribution in [2.45, 2.75) is 4.90 Å². The fraction of sp³-hybridized carbons (Fsp3) is 0. The first-order valence-corrected chi connectivity index (χ1v) is 3.72. The van der Waals surface area contributed by atoms with E-state index in [0.29, 0.717) is 0 Å². The van der Waals surface area contributed by atoms with Crippen LogP contribution in [0.3, 0.4) is 0 Å². The standard InChI is InChI=1S/C4H3ClN2O2S.Na/c5-4-6-1-3(2-7-4)10(8)9;/h1-2H,(H,8,9);/q;+1/p-1. The van der Waals surface area contributed by atoms with Crippen LogP contribution in [0, 0.1) is 0 Å². The summed E-state index contributed by atoms with van der Waals surface area (Å²) in [7, 11) is 0. The fourth-order valence-electron chi connectivity index (χ4n) is 0.387. The minimum Gasteiger partial charge on any atom is -0.768 e. The van der Waals surface area contributed by atoms with Crippen LogP contribution in [-0.2, 0) is 11.1 Å². The van der Waals surface area contributed by atoms with Gasteiger partial charge in [-0.05, 0) is 22.7 Å². The number of halogens is 1. The molecule has 0 saturated heterocycles. The quantitative estimate of drug-likeness (QED) is 0.283. The van der Waals surface area contributed by atoms with E-state index in [1.165, 1.54) is 0 Å². The molecule has 0 radical (unpaired) electrons. The largest absolute Gasteiger partial charge is 1.00 e. The Morgan fingerprint density at radius 1 is 1.45 bits per heavy atom. The van der Waals surface area contributed by atoms with Gasteiger partial charge in [-0.25, -0.2) is 9.97 Å². The summed E-state index contributed by atoms with van der Waals surface area (Å²) in [4.78, 5) is 6.96. The van der Waals surface area contributed by atoms with Crippen molar-refractivity contribution in [3.8, 4) is 0 Å². The van der Waals surface area contributed by atoms with Gasteiger partial charge in [-0.1, -0.05) is 0 Å². The zero-order valence-electron chi connectivity index (χ0n) is 5.65. The van der Waals surface area contributed by atoms with Crippen molar-refractivity contribution in [1.82, 2.24) is 9.97 Å². The minimum atomic E-state index is -2.27. The van der Waals surface area contributed by atoms with E-state index in [0.717, 1.165) is 12.4 Å². The number of nitrogens with zero attached hydrogens (tertiary/aromatic N) is 2. The van der Waals surface area contributed by atoms with Gasteiger partial charge in [-0.2, -0.15) is 0 Å². The summed E-state index contributed by atoms with van der Waals surface area (Å²) in [5.41, 5.74) is 0. The second-order valence-corrected chi connectivity index (χ2v) is 2.70. The summed E-state index contributed by atoms with van der Waals surface area (Å²) >= 11 is 3.02. The zero-order valence-corrected chi connectivity index (χ0v) is 9.22. The molecule has 0 N–H and O–H groups in total. The first kappa shape index (κ1) is 11.5. The van der Waals surface area contributed by atoms with Crippen LogP contribution in [0.25, 0.3) is 0 Å². The van der Waals surface area contributed by atoms with Gasteiger partial charge in [0.2, 0.25) is 5.28 Å². The molecule has 4 nitrogen and oxygen atoms in total. The van der Waals surface area contributed by atoms with E-state index in [9.17, 15) is 8.76 Å². The van der Waals surface area contributed by atoms with Gasteiger partial charge in [0.1, 0.15) is 0 Å². The van der Waals surface area contributed by atoms with Crippen LogP contribution in [0.15, 0.2) is 17.3 Å². The van der Waals surface area contributed by atoms with E-state index < -0.39 is 11.1 Å². The SMILES string of the molecule is O=S([O-])c1cnc(Cl)nc1.[Na+]. The van der Waals surface area contributed by atoms with Gasteiger partial charge in [0, 0.05) is 12.4 Å². The van der Waals surface area contributed by atoms with E-state index in [2.05, 4.69) is 9.97 Å². The van der Waals surface area contributed by atoms with Crippen LogP contribution in [0.4, 0.5) is 0 Å². The second-order valence-electron chi connectivity index (χ2n) is 1.42. The molecule has 1 unspecified atom stereocenters. The molecule has 0 saturated carbocycles. The Labute approximate surface area is 93.0 Å². The van der Waals surface area contributed by atoms with Gasteiger partial charge in [-0.3, -0.25) is 4.21 Å². The molecule has 0 spiro atoms. The van der Waals surface area contributed by atoms with Gasteiger partial charge in [-0.15, -0.1) is 0 Å². The molecule has 0 bridgehead atoms. The maximum absolute atomic E-state index is 10.2. The number of rotatable bonds is 1. The smallest absolute Gasteiger partial charge is 0.768 e. The van der Waals surface area contributed by atoms with Crippen LogP contribution in [0.5, 0.6) is 0 Å². The van der Waals surface area contributed by atoms with Crippen molar-refractivity contribution in [3.05, 3.63) is 17.7 Å². The molecule has 1 rings (SSSR count). The molecular weight excluding hydrogens is 199 g/mol. The molecule has 0 amide bonds. The molecule has 1 aromatic rings. The third kappa shape index (κ3) is 3.59. The maximum Gasteiger partial charge on any atom is 1.00 e. The molecule has 1 heterocycles. The first-order valence-electron chi connectivity index (χ1n) is 2.27. The van der Waals surface area contributed by atoms with Crippen LogP contribution in [-0.4, -0.2) is 18.7 Å². The molecule has 1 atom stereocenters. The summed E-state index contributed by atoms with van der Waals surface area (Å²) < 4.78 is 20.4. The van der Waals surface area contributed by atoms with E-state index in [4.69, 9.17) is 11.6 Å². The Kier molecular flexibility index (Phi) is 5.41. The number of hydrogen-bond acceptors (Lipinski definition) is 4. The van der Waals surface area contributed by atoms with E-state index in [1.54, 1.807) is 0 Å². The molecule has 0 aromatic carbocycles. The topological polar surface area (TPSA) is 65.9 Å². The van der Waals surface area contributed by atoms with E-state index in [-0.39, 0.29) is 39.7 Å². The Hall–Kier alpha value is 0.480. The molecule has 0 aliphatic carbocycles. The van der Waals surface area contributed by atoms with Crippen molar-refractivity contribution >= 4 is 22.7 Å². The summed E-state index contributed by atoms with van der Waals surface area (Å²) in [6, 6.07) is 0. The average molecular weight is 201 g/mol. The summed E-state index contributed by atoms with van der Waals surface area (Å²) in [5.74, 6) is 0. The molecule has 11 heavy (non-hydrogen) atoms. The Morgan fingerprint density at radius 3 is 2.27 bits per heavy atom. The van der Waals surface area contributed by atoms with E-state index in [1.807, 2.05) is 0 Å². The third-order valence-electron chi connectivity index (χ3n) is 0.789. The number of aromatic nitrogens is 2. The first-order chi connectivity index (χ1) is 4.70. The Morgan fingerprint density at radius 2 is 1.91 bits per heavy atom. The van der Waals surface area contributed by atoms with Crippen molar-refractivity contribution in [3.63, 3.8) is 0 Å². The summed E-state index contributed by atoms with van der Waals surface area (Å²) in [5, 5.41) is 0.0363. The van der Waals surface area contributed by atoms with Crippen molar-refractivity contribution in [2.24, 2.45) is 0 Å². The molecule has 1 aromatic heterocycles. The van der Waals surface area contributed by atoms with Crippen LogP contribution in [0.2, 0.25) is 5.28 Å². The number of hydrogen-bond donors (Lipinski definition) is 0. The summed E-state index contributed by atoms with van der Waals surface area (Å²) in [6.07, 6.45) is 2.27. The van der Waals surface area contributed by atoms with Crippen LogP contribution in [0.1, 0.15) is 0 Å². The normalized spacial score (nSPS) is 11.8. The fourth-order valence-corrected chi connectivity index (χ4v) is 0.762. The summed E-state index contributed by atoms with van der Waals surface area (Å²) in [6.45, 7) is 0. The van der Waals surface area contributed by atoms with Crippen molar-refractivity contribution < 1.29 is 38.3 Å². The van der Waals surface area contributed by atoms with Gasteiger partial charge in [0.15, 0.2) is 0 Å². The molecule has 54 valence electrons. The van der Waals surface area contributed by atoms with Crippen LogP contribution >= 0.6 is 11.6 Å². The third-order valence-corrected chi connectivity index (χ3v) is 1.58. The van der Waals surface area contributed by atoms with Gasteiger partial charge >= 0.3 is 29.6 Å². The Bertz CT molecular complexity index is 255. The monoisotopic (exact) mass is 200 g/mol. The second kappa shape index (κ2) is 5.18. The van der Waals surface area contributed by atoms with Crippen molar-refractivity contribution in [2.75, 3.05) is 0 Å². The molecule has 0 fully saturated rings. The maximum atomic E-state index is 10.2. The predicted molar refractivity (Wildman–Crippen MR) is 34.2 cm³/mol. The molecular formula is C4H2ClN2NaO2S. The average Bonchev–Trinajstić information content (AvgIpc) is 1.88.